The monoisotopic (exact) mass is 459 g/mol. The highest BCUT2D eigenvalue weighted by atomic mass is 35.5. The van der Waals surface area contributed by atoms with E-state index in [2.05, 4.69) is 5.32 Å². The third-order valence-corrected chi connectivity index (χ3v) is 7.54. The van der Waals surface area contributed by atoms with Crippen LogP contribution in [0, 0.1) is 5.82 Å². The Morgan fingerprint density at radius 2 is 1.72 bits per heavy atom. The second kappa shape index (κ2) is 9.40. The van der Waals surface area contributed by atoms with E-state index < -0.39 is 10.0 Å². The Morgan fingerprint density at radius 1 is 1.03 bits per heavy atom. The molecule has 1 aliphatic rings. The van der Waals surface area contributed by atoms with Gasteiger partial charge < -0.3 is 5.32 Å². The highest BCUT2D eigenvalue weighted by molar-refractivity contribution is 7.89. The molecular formula is C19H20Cl2FN3O3S. The first-order valence-corrected chi connectivity index (χ1v) is 11.2. The minimum atomic E-state index is -3.77. The predicted octanol–water partition coefficient (Wildman–Crippen LogP) is 2.76. The average molecular weight is 460 g/mol. The van der Waals surface area contributed by atoms with Gasteiger partial charge in [-0.3, -0.25) is 9.69 Å². The Kier molecular flexibility index (Phi) is 7.13. The maximum atomic E-state index is 13.6. The minimum absolute atomic E-state index is 0.00381. The van der Waals surface area contributed by atoms with Crippen LogP contribution in [0.2, 0.25) is 10.0 Å². The van der Waals surface area contributed by atoms with Crippen LogP contribution in [0.1, 0.15) is 5.56 Å². The summed E-state index contributed by atoms with van der Waals surface area (Å²) >= 11 is 12.0. The summed E-state index contributed by atoms with van der Waals surface area (Å²) in [6.45, 7) is 1.46. The van der Waals surface area contributed by atoms with Crippen molar-refractivity contribution < 1.29 is 17.6 Å². The summed E-state index contributed by atoms with van der Waals surface area (Å²) in [7, 11) is -3.77. The van der Waals surface area contributed by atoms with Crippen LogP contribution in [0.4, 0.5) is 4.39 Å². The van der Waals surface area contributed by atoms with Gasteiger partial charge in [-0.05, 0) is 18.2 Å². The molecule has 156 valence electrons. The Bertz CT molecular complexity index is 996. The summed E-state index contributed by atoms with van der Waals surface area (Å²) in [6.07, 6.45) is 0. The number of benzene rings is 2. The van der Waals surface area contributed by atoms with Gasteiger partial charge in [-0.25, -0.2) is 12.8 Å². The number of nitrogens with zero attached hydrogens (tertiary/aromatic N) is 2. The van der Waals surface area contributed by atoms with Crippen molar-refractivity contribution in [2.75, 3.05) is 32.7 Å². The van der Waals surface area contributed by atoms with Crippen molar-refractivity contribution in [3.63, 3.8) is 0 Å². The Morgan fingerprint density at radius 3 is 2.41 bits per heavy atom. The molecule has 10 heteroatoms. The molecule has 1 heterocycles. The molecule has 1 amide bonds. The largest absolute Gasteiger partial charge is 0.351 e. The number of nitrogens with one attached hydrogen (secondary N) is 1. The number of carbonyl (C=O) groups excluding carboxylic acids is 1. The fourth-order valence-electron chi connectivity index (χ4n) is 3.04. The van der Waals surface area contributed by atoms with Gasteiger partial charge in [0.1, 0.15) is 10.7 Å². The van der Waals surface area contributed by atoms with Gasteiger partial charge in [-0.2, -0.15) is 4.31 Å². The number of rotatable bonds is 6. The van der Waals surface area contributed by atoms with Gasteiger partial charge in [0.15, 0.2) is 0 Å². The molecule has 29 heavy (non-hydrogen) atoms. The molecular weight excluding hydrogens is 440 g/mol. The van der Waals surface area contributed by atoms with Crippen LogP contribution in [0.15, 0.2) is 47.4 Å². The van der Waals surface area contributed by atoms with Crippen molar-refractivity contribution in [3.8, 4) is 0 Å². The smallest absolute Gasteiger partial charge is 0.244 e. The quantitative estimate of drug-likeness (QED) is 0.720. The van der Waals surface area contributed by atoms with E-state index in [1.165, 1.54) is 28.6 Å². The van der Waals surface area contributed by atoms with E-state index in [0.717, 1.165) is 0 Å². The van der Waals surface area contributed by atoms with Crippen molar-refractivity contribution in [2.24, 2.45) is 0 Å². The molecule has 0 bridgehead atoms. The lowest BCUT2D eigenvalue weighted by Crippen LogP contribution is -2.51. The van der Waals surface area contributed by atoms with E-state index in [0.29, 0.717) is 18.7 Å². The average Bonchev–Trinajstić information content (AvgIpc) is 2.70. The lowest BCUT2D eigenvalue weighted by atomic mass is 10.2. The molecule has 0 radical (unpaired) electrons. The van der Waals surface area contributed by atoms with Crippen molar-refractivity contribution in [1.29, 1.82) is 0 Å². The molecule has 0 saturated carbocycles. The maximum Gasteiger partial charge on any atom is 0.244 e. The zero-order valence-corrected chi connectivity index (χ0v) is 17.8. The van der Waals surface area contributed by atoms with Crippen molar-refractivity contribution >= 4 is 39.1 Å². The van der Waals surface area contributed by atoms with E-state index in [9.17, 15) is 17.6 Å². The van der Waals surface area contributed by atoms with Crippen LogP contribution < -0.4 is 5.32 Å². The normalized spacial score (nSPS) is 16.0. The number of halogens is 3. The molecule has 0 aliphatic carbocycles. The molecule has 2 aromatic rings. The summed E-state index contributed by atoms with van der Waals surface area (Å²) in [6, 6.07) is 10.7. The van der Waals surface area contributed by atoms with Gasteiger partial charge in [0.2, 0.25) is 15.9 Å². The van der Waals surface area contributed by atoms with E-state index in [-0.39, 0.29) is 52.8 Å². The van der Waals surface area contributed by atoms with Crippen LogP contribution >= 0.6 is 23.2 Å². The topological polar surface area (TPSA) is 69.7 Å². The van der Waals surface area contributed by atoms with Crippen LogP contribution in [-0.4, -0.2) is 56.3 Å². The first-order chi connectivity index (χ1) is 13.8. The maximum absolute atomic E-state index is 13.6. The van der Waals surface area contributed by atoms with Gasteiger partial charge in [0.05, 0.1) is 16.6 Å². The van der Waals surface area contributed by atoms with E-state index in [4.69, 9.17) is 23.2 Å². The van der Waals surface area contributed by atoms with Crippen LogP contribution in [0.5, 0.6) is 0 Å². The second-order valence-corrected chi connectivity index (χ2v) is 9.29. The first-order valence-electron chi connectivity index (χ1n) is 8.95. The summed E-state index contributed by atoms with van der Waals surface area (Å²) in [4.78, 5) is 14.0. The highest BCUT2D eigenvalue weighted by Gasteiger charge is 2.31. The molecule has 1 N–H and O–H groups in total. The van der Waals surface area contributed by atoms with Crippen molar-refractivity contribution in [2.45, 2.75) is 11.4 Å². The molecule has 6 nitrogen and oxygen atoms in total. The fourth-order valence-corrected chi connectivity index (χ4v) is 5.20. The molecule has 3 rings (SSSR count). The van der Waals surface area contributed by atoms with Gasteiger partial charge in [-0.15, -0.1) is 0 Å². The number of piperazine rings is 1. The molecule has 0 atom stereocenters. The number of sulfonamides is 1. The second-order valence-electron chi connectivity index (χ2n) is 6.60. The van der Waals surface area contributed by atoms with Gasteiger partial charge in [0, 0.05) is 38.3 Å². The summed E-state index contributed by atoms with van der Waals surface area (Å²) in [5.74, 6) is -0.617. The third-order valence-electron chi connectivity index (χ3n) is 4.67. The summed E-state index contributed by atoms with van der Waals surface area (Å²) < 4.78 is 40.6. The van der Waals surface area contributed by atoms with Crippen LogP contribution in [0.25, 0.3) is 0 Å². The molecule has 2 aromatic carbocycles. The number of hydrogen-bond donors (Lipinski definition) is 1. The Balaban J connectivity index is 1.53. The fraction of sp³-hybridized carbons (Fsp3) is 0.316. The number of amides is 1. The van der Waals surface area contributed by atoms with Gasteiger partial charge >= 0.3 is 0 Å². The van der Waals surface area contributed by atoms with E-state index >= 15 is 0 Å². The number of hydrogen-bond acceptors (Lipinski definition) is 4. The number of carbonyl (C=O) groups is 1. The standard InChI is InChI=1S/C19H20Cl2FN3O3S/c20-15-5-3-7-17(19(15)21)29(27,28)25-10-8-24(9-11-25)13-18(26)23-12-14-4-1-2-6-16(14)22/h1-7H,8-13H2,(H,23,26). The molecule has 0 spiro atoms. The predicted molar refractivity (Wildman–Crippen MR) is 110 cm³/mol. The van der Waals surface area contributed by atoms with Crippen LogP contribution in [-0.2, 0) is 21.4 Å². The van der Waals surface area contributed by atoms with E-state index in [1.807, 2.05) is 4.90 Å². The van der Waals surface area contributed by atoms with Gasteiger partial charge in [0.25, 0.3) is 0 Å². The van der Waals surface area contributed by atoms with Crippen LogP contribution in [0.3, 0.4) is 0 Å². The zero-order valence-electron chi connectivity index (χ0n) is 15.4. The third kappa shape index (κ3) is 5.26. The summed E-state index contributed by atoms with van der Waals surface area (Å²) in [5, 5.41) is 2.87. The highest BCUT2D eigenvalue weighted by Crippen LogP contribution is 2.31. The molecule has 0 unspecified atom stereocenters. The Labute approximate surface area is 179 Å². The summed E-state index contributed by atoms with van der Waals surface area (Å²) in [5.41, 5.74) is 0.412. The molecule has 1 fully saturated rings. The zero-order chi connectivity index (χ0) is 21.0. The SMILES string of the molecule is O=C(CN1CCN(S(=O)(=O)c2cccc(Cl)c2Cl)CC1)NCc1ccccc1F. The molecule has 1 saturated heterocycles. The minimum Gasteiger partial charge on any atom is -0.351 e. The first kappa shape index (κ1) is 22.0. The Hall–Kier alpha value is -1.71. The van der Waals surface area contributed by atoms with E-state index in [1.54, 1.807) is 18.2 Å². The lowest BCUT2D eigenvalue weighted by molar-refractivity contribution is -0.122. The van der Waals surface area contributed by atoms with Crippen molar-refractivity contribution in [3.05, 3.63) is 63.9 Å². The molecule has 0 aromatic heterocycles. The lowest BCUT2D eigenvalue weighted by Gasteiger charge is -2.33. The van der Waals surface area contributed by atoms with Gasteiger partial charge in [-0.1, -0.05) is 47.5 Å². The van der Waals surface area contributed by atoms with Crippen molar-refractivity contribution in [1.82, 2.24) is 14.5 Å². The molecule has 1 aliphatic heterocycles.